The Morgan fingerprint density at radius 1 is 1.26 bits per heavy atom. The lowest BCUT2D eigenvalue weighted by atomic mass is 9.85. The van der Waals surface area contributed by atoms with Gasteiger partial charge in [-0.1, -0.05) is 6.92 Å². The van der Waals surface area contributed by atoms with E-state index < -0.39 is 0 Å². The van der Waals surface area contributed by atoms with Crippen molar-refractivity contribution >= 4 is 23.0 Å². The third-order valence-corrected chi connectivity index (χ3v) is 5.17. The van der Waals surface area contributed by atoms with E-state index in [2.05, 4.69) is 26.8 Å². The molecule has 1 atom stereocenters. The zero-order chi connectivity index (χ0) is 16.0. The zero-order valence-corrected chi connectivity index (χ0v) is 13.7. The van der Waals surface area contributed by atoms with Crippen LogP contribution in [-0.2, 0) is 11.8 Å². The molecule has 4 heterocycles. The molecule has 2 fully saturated rings. The second kappa shape index (κ2) is 5.18. The van der Waals surface area contributed by atoms with Gasteiger partial charge in [-0.05, 0) is 19.3 Å². The molecule has 1 amide bonds. The molecule has 4 rings (SSSR count). The monoisotopic (exact) mass is 314 g/mol. The molecule has 2 aromatic rings. The summed E-state index contributed by atoms with van der Waals surface area (Å²) < 4.78 is 1.90. The van der Waals surface area contributed by atoms with Gasteiger partial charge < -0.3 is 14.4 Å². The minimum atomic E-state index is -0.222. The van der Waals surface area contributed by atoms with Gasteiger partial charge in [0.1, 0.15) is 5.52 Å². The van der Waals surface area contributed by atoms with Gasteiger partial charge in [-0.15, -0.1) is 0 Å². The lowest BCUT2D eigenvalue weighted by Gasteiger charge is -2.23. The molecular formula is C16H22N6O. The van der Waals surface area contributed by atoms with Crippen LogP contribution >= 0.6 is 0 Å². The molecule has 7 heteroatoms. The molecule has 0 N–H and O–H groups in total. The molecule has 1 unspecified atom stereocenters. The van der Waals surface area contributed by atoms with E-state index in [0.717, 1.165) is 56.6 Å². The summed E-state index contributed by atoms with van der Waals surface area (Å²) in [4.78, 5) is 30.3. The van der Waals surface area contributed by atoms with Crippen molar-refractivity contribution in [2.75, 3.05) is 31.1 Å². The minimum Gasteiger partial charge on any atom is -0.342 e. The van der Waals surface area contributed by atoms with Crippen molar-refractivity contribution in [2.45, 2.75) is 26.2 Å². The molecule has 2 saturated heterocycles. The number of aromatic nitrogens is 4. The van der Waals surface area contributed by atoms with Crippen LogP contribution in [0.2, 0.25) is 0 Å². The Morgan fingerprint density at radius 2 is 2.09 bits per heavy atom. The first-order chi connectivity index (χ1) is 11.1. The largest absolute Gasteiger partial charge is 0.342 e. The summed E-state index contributed by atoms with van der Waals surface area (Å²) in [6.45, 7) is 5.46. The number of carbonyl (C=O) groups excluding carboxylic acids is 1. The van der Waals surface area contributed by atoms with Crippen molar-refractivity contribution in [3.8, 4) is 0 Å². The molecule has 2 aliphatic heterocycles. The molecule has 1 spiro atoms. The molecule has 23 heavy (non-hydrogen) atoms. The van der Waals surface area contributed by atoms with Gasteiger partial charge in [0.05, 0.1) is 17.9 Å². The summed E-state index contributed by atoms with van der Waals surface area (Å²) in [5, 5.41) is 0. The number of aryl methyl sites for hydroxylation is 1. The second-order valence-corrected chi connectivity index (χ2v) is 6.73. The van der Waals surface area contributed by atoms with Crippen LogP contribution in [0.5, 0.6) is 0 Å². The van der Waals surface area contributed by atoms with Gasteiger partial charge >= 0.3 is 0 Å². The number of fused-ring (bicyclic) bond motifs is 1. The number of hydrogen-bond acceptors (Lipinski definition) is 5. The Balaban J connectivity index is 1.58. The van der Waals surface area contributed by atoms with Crippen molar-refractivity contribution in [1.29, 1.82) is 0 Å². The highest BCUT2D eigenvalue weighted by atomic mass is 16.2. The number of hydrogen-bond donors (Lipinski definition) is 0. The average Bonchev–Trinajstić information content (AvgIpc) is 3.23. The van der Waals surface area contributed by atoms with E-state index in [9.17, 15) is 4.79 Å². The summed E-state index contributed by atoms with van der Waals surface area (Å²) in [7, 11) is 1.93. The van der Waals surface area contributed by atoms with Crippen LogP contribution in [0, 0.1) is 5.41 Å². The first-order valence-electron chi connectivity index (χ1n) is 8.31. The number of carbonyl (C=O) groups is 1. The molecular weight excluding hydrogens is 292 g/mol. The highest BCUT2D eigenvalue weighted by Gasteiger charge is 2.50. The van der Waals surface area contributed by atoms with Crippen molar-refractivity contribution in [1.82, 2.24) is 24.4 Å². The SMILES string of the molecule is CCCN1CCC2(CCN(c3ncc4ncn(C)c4n3)C2)C1=O. The van der Waals surface area contributed by atoms with Crippen LogP contribution in [0.1, 0.15) is 26.2 Å². The highest BCUT2D eigenvalue weighted by molar-refractivity contribution is 5.86. The summed E-state index contributed by atoms with van der Waals surface area (Å²) in [6, 6.07) is 0. The van der Waals surface area contributed by atoms with Gasteiger partial charge in [0, 0.05) is 33.2 Å². The average molecular weight is 314 g/mol. The fourth-order valence-electron chi connectivity index (χ4n) is 3.86. The smallest absolute Gasteiger partial charge is 0.230 e. The van der Waals surface area contributed by atoms with Gasteiger partial charge in [0.25, 0.3) is 0 Å². The molecule has 2 aromatic heterocycles. The lowest BCUT2D eigenvalue weighted by Crippen LogP contribution is -2.37. The van der Waals surface area contributed by atoms with Gasteiger partial charge in [-0.3, -0.25) is 4.79 Å². The molecule has 0 aromatic carbocycles. The number of imidazole rings is 1. The van der Waals surface area contributed by atoms with Gasteiger partial charge in [0.15, 0.2) is 5.65 Å². The van der Waals surface area contributed by atoms with Crippen LogP contribution in [0.4, 0.5) is 5.95 Å². The van der Waals surface area contributed by atoms with Crippen molar-refractivity contribution in [3.63, 3.8) is 0 Å². The molecule has 0 saturated carbocycles. The zero-order valence-electron chi connectivity index (χ0n) is 13.7. The molecule has 7 nitrogen and oxygen atoms in total. The quantitative estimate of drug-likeness (QED) is 0.851. The predicted octanol–water partition coefficient (Wildman–Crippen LogP) is 1.20. The van der Waals surface area contributed by atoms with E-state index in [1.54, 1.807) is 12.5 Å². The summed E-state index contributed by atoms with van der Waals surface area (Å²) in [5.74, 6) is 1.03. The maximum Gasteiger partial charge on any atom is 0.230 e. The Morgan fingerprint density at radius 3 is 2.91 bits per heavy atom. The topological polar surface area (TPSA) is 67.2 Å². The van der Waals surface area contributed by atoms with E-state index in [1.807, 2.05) is 16.5 Å². The number of likely N-dealkylation sites (tertiary alicyclic amines) is 1. The van der Waals surface area contributed by atoms with Crippen molar-refractivity contribution < 1.29 is 4.79 Å². The van der Waals surface area contributed by atoms with Crippen LogP contribution in [-0.4, -0.2) is 56.5 Å². The van der Waals surface area contributed by atoms with Gasteiger partial charge in [-0.2, -0.15) is 4.98 Å². The van der Waals surface area contributed by atoms with Crippen LogP contribution in [0.3, 0.4) is 0 Å². The third-order valence-electron chi connectivity index (χ3n) is 5.17. The summed E-state index contributed by atoms with van der Waals surface area (Å²) >= 11 is 0. The maximum absolute atomic E-state index is 12.8. The van der Waals surface area contributed by atoms with E-state index >= 15 is 0 Å². The fourth-order valence-corrected chi connectivity index (χ4v) is 3.86. The van der Waals surface area contributed by atoms with E-state index in [1.165, 1.54) is 0 Å². The molecule has 0 aliphatic carbocycles. The highest BCUT2D eigenvalue weighted by Crippen LogP contribution is 2.41. The molecule has 0 radical (unpaired) electrons. The second-order valence-electron chi connectivity index (χ2n) is 6.73. The van der Waals surface area contributed by atoms with Crippen molar-refractivity contribution in [3.05, 3.63) is 12.5 Å². The number of rotatable bonds is 3. The Kier molecular flexibility index (Phi) is 3.25. The fraction of sp³-hybridized carbons (Fsp3) is 0.625. The predicted molar refractivity (Wildman–Crippen MR) is 87.1 cm³/mol. The molecule has 2 aliphatic rings. The van der Waals surface area contributed by atoms with Crippen LogP contribution in [0.25, 0.3) is 11.2 Å². The summed E-state index contributed by atoms with van der Waals surface area (Å²) in [6.07, 6.45) is 6.39. The number of anilines is 1. The molecule has 122 valence electrons. The van der Waals surface area contributed by atoms with Gasteiger partial charge in [-0.25, -0.2) is 9.97 Å². The normalized spacial score (nSPS) is 24.5. The summed E-state index contributed by atoms with van der Waals surface area (Å²) in [5.41, 5.74) is 1.41. The van der Waals surface area contributed by atoms with E-state index in [4.69, 9.17) is 0 Å². The lowest BCUT2D eigenvalue weighted by molar-refractivity contribution is -0.135. The maximum atomic E-state index is 12.8. The van der Waals surface area contributed by atoms with Crippen LogP contribution < -0.4 is 4.90 Å². The van der Waals surface area contributed by atoms with E-state index in [0.29, 0.717) is 11.9 Å². The Labute approximate surface area is 135 Å². The minimum absolute atomic E-state index is 0.222. The van der Waals surface area contributed by atoms with Crippen LogP contribution in [0.15, 0.2) is 12.5 Å². The third kappa shape index (κ3) is 2.17. The Hall–Kier alpha value is -2.18. The van der Waals surface area contributed by atoms with Gasteiger partial charge in [0.2, 0.25) is 11.9 Å². The Bertz CT molecular complexity index is 756. The standard InChI is InChI=1S/C16H22N6O/c1-3-6-21-7-4-16(14(21)23)5-8-22(10-16)15-17-9-12-13(19-15)20(2)11-18-12/h9,11H,3-8,10H2,1-2H3. The first-order valence-corrected chi connectivity index (χ1v) is 8.31. The number of nitrogens with zero attached hydrogens (tertiary/aromatic N) is 6. The first kappa shape index (κ1) is 14.4. The van der Waals surface area contributed by atoms with Crippen molar-refractivity contribution in [2.24, 2.45) is 12.5 Å². The molecule has 0 bridgehead atoms. The number of amides is 1. The van der Waals surface area contributed by atoms with E-state index in [-0.39, 0.29) is 5.41 Å².